The molecule has 2 heterocycles. The van der Waals surface area contributed by atoms with E-state index in [4.69, 9.17) is 9.15 Å². The second-order valence-corrected chi connectivity index (χ2v) is 6.22. The number of rotatable bonds is 4. The molecule has 1 unspecified atom stereocenters. The van der Waals surface area contributed by atoms with Crippen LogP contribution in [-0.4, -0.2) is 18.6 Å². The van der Waals surface area contributed by atoms with Crippen LogP contribution in [0.1, 0.15) is 43.7 Å². The lowest BCUT2D eigenvalue weighted by Gasteiger charge is -2.12. The molecule has 0 saturated carbocycles. The molecular formula is C18H21NO4. The van der Waals surface area contributed by atoms with E-state index in [0.29, 0.717) is 24.7 Å². The SMILES string of the molecule is CC(C)c1ccc2oc(=O)cc(CNC(=O)C3CCCO3)c2c1. The van der Waals surface area contributed by atoms with E-state index >= 15 is 0 Å². The average Bonchev–Trinajstić information content (AvgIpc) is 3.06. The summed E-state index contributed by atoms with van der Waals surface area (Å²) in [7, 11) is 0. The lowest BCUT2D eigenvalue weighted by molar-refractivity contribution is -0.130. The molecule has 1 N–H and O–H groups in total. The zero-order valence-electron chi connectivity index (χ0n) is 13.4. The van der Waals surface area contributed by atoms with E-state index in [2.05, 4.69) is 19.2 Å². The van der Waals surface area contributed by atoms with E-state index in [9.17, 15) is 9.59 Å². The smallest absolute Gasteiger partial charge is 0.336 e. The molecule has 0 radical (unpaired) electrons. The van der Waals surface area contributed by atoms with Crippen molar-refractivity contribution in [2.45, 2.75) is 45.3 Å². The lowest BCUT2D eigenvalue weighted by Crippen LogP contribution is -2.33. The van der Waals surface area contributed by atoms with Gasteiger partial charge in [-0.15, -0.1) is 0 Å². The van der Waals surface area contributed by atoms with Crippen LogP contribution < -0.4 is 10.9 Å². The molecule has 2 aromatic rings. The second kappa shape index (κ2) is 6.54. The van der Waals surface area contributed by atoms with Crippen LogP contribution >= 0.6 is 0 Å². The summed E-state index contributed by atoms with van der Waals surface area (Å²) in [5.41, 5.74) is 2.07. The summed E-state index contributed by atoms with van der Waals surface area (Å²) < 4.78 is 10.6. The number of amides is 1. The van der Waals surface area contributed by atoms with Crippen LogP contribution in [0.25, 0.3) is 11.0 Å². The Balaban J connectivity index is 1.87. The van der Waals surface area contributed by atoms with Crippen LogP contribution in [0, 0.1) is 0 Å². The molecule has 5 nitrogen and oxygen atoms in total. The summed E-state index contributed by atoms with van der Waals surface area (Å²) in [6, 6.07) is 7.25. The van der Waals surface area contributed by atoms with Crippen LogP contribution in [0.3, 0.4) is 0 Å². The van der Waals surface area contributed by atoms with Gasteiger partial charge in [-0.25, -0.2) is 4.79 Å². The highest BCUT2D eigenvalue weighted by Gasteiger charge is 2.23. The highest BCUT2D eigenvalue weighted by Crippen LogP contribution is 2.23. The van der Waals surface area contributed by atoms with Gasteiger partial charge in [-0.05, 0) is 42.0 Å². The van der Waals surface area contributed by atoms with Gasteiger partial charge in [0.25, 0.3) is 0 Å². The number of fused-ring (bicyclic) bond motifs is 1. The Labute approximate surface area is 134 Å². The van der Waals surface area contributed by atoms with Crippen molar-refractivity contribution in [3.8, 4) is 0 Å². The lowest BCUT2D eigenvalue weighted by atomic mass is 9.99. The third-order valence-electron chi connectivity index (χ3n) is 4.19. The van der Waals surface area contributed by atoms with Crippen molar-refractivity contribution in [3.63, 3.8) is 0 Å². The van der Waals surface area contributed by atoms with Crippen molar-refractivity contribution in [3.05, 3.63) is 45.8 Å². The maximum atomic E-state index is 12.1. The second-order valence-electron chi connectivity index (χ2n) is 6.22. The van der Waals surface area contributed by atoms with Gasteiger partial charge in [0, 0.05) is 24.6 Å². The molecule has 1 aromatic carbocycles. The van der Waals surface area contributed by atoms with Crippen LogP contribution in [0.15, 0.2) is 33.5 Å². The average molecular weight is 315 g/mol. The molecule has 1 saturated heterocycles. The quantitative estimate of drug-likeness (QED) is 0.881. The Morgan fingerprint density at radius 1 is 1.35 bits per heavy atom. The summed E-state index contributed by atoms with van der Waals surface area (Å²) >= 11 is 0. The van der Waals surface area contributed by atoms with E-state index in [-0.39, 0.29) is 12.0 Å². The minimum atomic E-state index is -0.406. The summed E-state index contributed by atoms with van der Waals surface area (Å²) in [6.45, 7) is 5.15. The Kier molecular flexibility index (Phi) is 4.48. The summed E-state index contributed by atoms with van der Waals surface area (Å²) in [6.07, 6.45) is 1.29. The number of benzene rings is 1. The number of hydrogen-bond donors (Lipinski definition) is 1. The molecule has 1 aliphatic heterocycles. The van der Waals surface area contributed by atoms with Crippen molar-refractivity contribution < 1.29 is 13.9 Å². The van der Waals surface area contributed by atoms with Gasteiger partial charge in [0.05, 0.1) is 0 Å². The molecule has 0 bridgehead atoms. The van der Waals surface area contributed by atoms with Crippen molar-refractivity contribution in [1.29, 1.82) is 0 Å². The van der Waals surface area contributed by atoms with Crippen LogP contribution in [0.5, 0.6) is 0 Å². The minimum Gasteiger partial charge on any atom is -0.423 e. The van der Waals surface area contributed by atoms with Gasteiger partial charge in [0.15, 0.2) is 0 Å². The predicted octanol–water partition coefficient (Wildman–Crippen LogP) is 2.71. The summed E-state index contributed by atoms with van der Waals surface area (Å²) in [5.74, 6) is 0.254. The van der Waals surface area contributed by atoms with Gasteiger partial charge in [-0.3, -0.25) is 4.79 Å². The number of nitrogens with one attached hydrogen (secondary N) is 1. The van der Waals surface area contributed by atoms with E-state index in [1.807, 2.05) is 18.2 Å². The monoisotopic (exact) mass is 315 g/mol. The third kappa shape index (κ3) is 3.45. The van der Waals surface area contributed by atoms with E-state index in [1.165, 1.54) is 6.07 Å². The predicted molar refractivity (Wildman–Crippen MR) is 87.4 cm³/mol. The topological polar surface area (TPSA) is 68.5 Å². The van der Waals surface area contributed by atoms with E-state index in [0.717, 1.165) is 29.4 Å². The van der Waals surface area contributed by atoms with Crippen LogP contribution in [0.4, 0.5) is 0 Å². The molecule has 3 rings (SSSR count). The highest BCUT2D eigenvalue weighted by molar-refractivity contribution is 5.83. The maximum Gasteiger partial charge on any atom is 0.336 e. The first-order valence-corrected chi connectivity index (χ1v) is 8.00. The normalized spacial score (nSPS) is 17.8. The van der Waals surface area contributed by atoms with E-state index in [1.54, 1.807) is 0 Å². The molecule has 0 aliphatic carbocycles. The fraction of sp³-hybridized carbons (Fsp3) is 0.444. The van der Waals surface area contributed by atoms with E-state index < -0.39 is 5.63 Å². The number of carbonyl (C=O) groups is 1. The molecule has 122 valence electrons. The van der Waals surface area contributed by atoms with Gasteiger partial charge in [0.1, 0.15) is 11.7 Å². The van der Waals surface area contributed by atoms with Gasteiger partial charge < -0.3 is 14.5 Å². The maximum absolute atomic E-state index is 12.1. The number of ether oxygens (including phenoxy) is 1. The number of carbonyl (C=O) groups excluding carboxylic acids is 1. The summed E-state index contributed by atoms with van der Waals surface area (Å²) in [4.78, 5) is 23.8. The first kappa shape index (κ1) is 15.7. The van der Waals surface area contributed by atoms with Gasteiger partial charge in [-0.2, -0.15) is 0 Å². The molecule has 1 atom stereocenters. The molecule has 0 spiro atoms. The standard InChI is InChI=1S/C18H21NO4/c1-11(2)12-5-6-15-14(8-12)13(9-17(20)23-15)10-19-18(21)16-4-3-7-22-16/h5-6,8-9,11,16H,3-4,7,10H2,1-2H3,(H,19,21). The molecule has 1 aromatic heterocycles. The van der Waals surface area contributed by atoms with Gasteiger partial charge in [0.2, 0.25) is 5.91 Å². The molecule has 1 fully saturated rings. The summed E-state index contributed by atoms with van der Waals surface area (Å²) in [5, 5.41) is 3.73. The van der Waals surface area contributed by atoms with Gasteiger partial charge >= 0.3 is 5.63 Å². The Morgan fingerprint density at radius 3 is 2.87 bits per heavy atom. The van der Waals surface area contributed by atoms with Crippen molar-refractivity contribution in [1.82, 2.24) is 5.32 Å². The van der Waals surface area contributed by atoms with Crippen molar-refractivity contribution >= 4 is 16.9 Å². The van der Waals surface area contributed by atoms with Crippen LogP contribution in [-0.2, 0) is 16.1 Å². The largest absolute Gasteiger partial charge is 0.423 e. The third-order valence-corrected chi connectivity index (χ3v) is 4.19. The van der Waals surface area contributed by atoms with Crippen LogP contribution in [0.2, 0.25) is 0 Å². The highest BCUT2D eigenvalue weighted by atomic mass is 16.5. The molecule has 1 aliphatic rings. The fourth-order valence-electron chi connectivity index (χ4n) is 2.83. The fourth-order valence-corrected chi connectivity index (χ4v) is 2.83. The first-order valence-electron chi connectivity index (χ1n) is 8.00. The Hall–Kier alpha value is -2.14. The Morgan fingerprint density at radius 2 is 2.17 bits per heavy atom. The minimum absolute atomic E-state index is 0.121. The Bertz CT molecular complexity index is 772. The zero-order valence-corrected chi connectivity index (χ0v) is 13.4. The van der Waals surface area contributed by atoms with Gasteiger partial charge in [-0.1, -0.05) is 19.9 Å². The number of hydrogen-bond acceptors (Lipinski definition) is 4. The molecule has 23 heavy (non-hydrogen) atoms. The molecular weight excluding hydrogens is 294 g/mol. The van der Waals surface area contributed by atoms with Crippen molar-refractivity contribution in [2.24, 2.45) is 0 Å². The first-order chi connectivity index (χ1) is 11.0. The van der Waals surface area contributed by atoms with Crippen molar-refractivity contribution in [2.75, 3.05) is 6.61 Å². The zero-order chi connectivity index (χ0) is 16.4. The molecule has 1 amide bonds. The molecule has 5 heteroatoms.